The average Bonchev–Trinajstić information content (AvgIpc) is 2.73. The fraction of sp³-hybridized carbons (Fsp3) is 0.565. The Bertz CT molecular complexity index is 623. The predicted molar refractivity (Wildman–Crippen MR) is 110 cm³/mol. The lowest BCUT2D eigenvalue weighted by Gasteiger charge is -2.28. The van der Waals surface area contributed by atoms with Crippen LogP contribution >= 0.6 is 0 Å². The molecule has 0 aromatic heterocycles. The van der Waals surface area contributed by atoms with E-state index in [1.165, 1.54) is 26.4 Å². The van der Waals surface area contributed by atoms with E-state index in [0.29, 0.717) is 11.5 Å². The molecule has 1 N–H and O–H groups in total. The second-order valence-corrected chi connectivity index (χ2v) is 7.53. The molecular formula is C23H33NO4. The highest BCUT2D eigenvalue weighted by atomic mass is 16.5. The summed E-state index contributed by atoms with van der Waals surface area (Å²) in [7, 11) is 1.37. The Kier molecular flexibility index (Phi) is 9.60. The molecule has 5 nitrogen and oxygen atoms in total. The fourth-order valence-electron chi connectivity index (χ4n) is 3.63. The lowest BCUT2D eigenvalue weighted by molar-refractivity contribution is 0.0226. The molecule has 2 atom stereocenters. The summed E-state index contributed by atoms with van der Waals surface area (Å²) < 4.78 is 10.5. The van der Waals surface area contributed by atoms with Crippen LogP contribution in [0.1, 0.15) is 68.6 Å². The number of benzene rings is 1. The Morgan fingerprint density at radius 3 is 2.57 bits per heavy atom. The number of amides is 1. The number of carbonyl (C=O) groups is 2. The highest BCUT2D eigenvalue weighted by molar-refractivity contribution is 5.89. The van der Waals surface area contributed by atoms with Gasteiger partial charge in [-0.05, 0) is 63.2 Å². The molecule has 154 valence electrons. The summed E-state index contributed by atoms with van der Waals surface area (Å²) in [6.07, 6.45) is 12.2. The third-order valence-corrected chi connectivity index (χ3v) is 5.25. The van der Waals surface area contributed by atoms with Gasteiger partial charge in [-0.1, -0.05) is 43.5 Å². The summed E-state index contributed by atoms with van der Waals surface area (Å²) in [5.41, 5.74) is 0.597. The third-order valence-electron chi connectivity index (χ3n) is 5.25. The van der Waals surface area contributed by atoms with Crippen molar-refractivity contribution >= 4 is 12.1 Å². The monoisotopic (exact) mass is 387 g/mol. The van der Waals surface area contributed by atoms with E-state index in [-0.39, 0.29) is 18.1 Å². The Labute approximate surface area is 168 Å². The number of methoxy groups -OCH3 is 1. The van der Waals surface area contributed by atoms with Crippen LogP contribution in [0, 0.1) is 5.92 Å². The molecule has 0 radical (unpaired) electrons. The Morgan fingerprint density at radius 1 is 1.18 bits per heavy atom. The van der Waals surface area contributed by atoms with Gasteiger partial charge in [0.2, 0.25) is 0 Å². The first-order valence-corrected chi connectivity index (χ1v) is 10.4. The molecule has 1 amide bonds. The number of unbranched alkanes of at least 4 members (excludes halogenated alkanes) is 1. The minimum atomic E-state index is -0.395. The molecule has 0 spiro atoms. The number of alkyl carbamates (subject to hydrolysis) is 1. The van der Waals surface area contributed by atoms with Crippen molar-refractivity contribution in [1.29, 1.82) is 0 Å². The number of carbonyl (C=O) groups excluding carboxylic acids is 2. The lowest BCUT2D eigenvalue weighted by atomic mass is 9.85. The summed E-state index contributed by atoms with van der Waals surface area (Å²) in [5.74, 6) is 0.148. The predicted octanol–water partition coefficient (Wildman–Crippen LogP) is 5.26. The average molecular weight is 388 g/mol. The minimum Gasteiger partial charge on any atom is -0.454 e. The molecule has 2 rings (SSSR count). The number of allylic oxidation sites excluding steroid dienone is 1. The molecule has 0 bridgehead atoms. The number of hydrogen-bond donors (Lipinski definition) is 1. The van der Waals surface area contributed by atoms with E-state index in [4.69, 9.17) is 4.74 Å². The van der Waals surface area contributed by atoms with Crippen LogP contribution in [-0.4, -0.2) is 31.3 Å². The normalized spacial score (nSPS) is 17.1. The van der Waals surface area contributed by atoms with Crippen molar-refractivity contribution in [2.45, 2.75) is 70.4 Å². The fourth-order valence-corrected chi connectivity index (χ4v) is 3.63. The van der Waals surface area contributed by atoms with E-state index in [1.807, 2.05) is 25.1 Å². The topological polar surface area (TPSA) is 64.6 Å². The van der Waals surface area contributed by atoms with Crippen LogP contribution in [0.5, 0.6) is 0 Å². The zero-order valence-corrected chi connectivity index (χ0v) is 17.1. The zero-order valence-electron chi connectivity index (χ0n) is 17.1. The van der Waals surface area contributed by atoms with Gasteiger partial charge in [-0.3, -0.25) is 0 Å². The Morgan fingerprint density at radius 2 is 1.89 bits per heavy atom. The number of esters is 1. The van der Waals surface area contributed by atoms with Crippen LogP contribution in [-0.2, 0) is 9.47 Å². The first kappa shape index (κ1) is 22.0. The molecule has 28 heavy (non-hydrogen) atoms. The van der Waals surface area contributed by atoms with Gasteiger partial charge in [0.1, 0.15) is 6.10 Å². The van der Waals surface area contributed by atoms with Gasteiger partial charge in [0.05, 0.1) is 12.7 Å². The molecule has 1 aliphatic carbocycles. The smallest absolute Gasteiger partial charge is 0.407 e. The van der Waals surface area contributed by atoms with E-state index in [2.05, 4.69) is 22.2 Å². The summed E-state index contributed by atoms with van der Waals surface area (Å²) in [4.78, 5) is 23.7. The maximum absolute atomic E-state index is 12.5. The van der Waals surface area contributed by atoms with Crippen LogP contribution in [0.15, 0.2) is 42.5 Å². The van der Waals surface area contributed by atoms with Gasteiger partial charge < -0.3 is 14.8 Å². The van der Waals surface area contributed by atoms with Crippen LogP contribution in [0.25, 0.3) is 0 Å². The summed E-state index contributed by atoms with van der Waals surface area (Å²) in [6, 6.07) is 9.26. The van der Waals surface area contributed by atoms with Crippen LogP contribution in [0.4, 0.5) is 4.79 Å². The molecule has 0 unspecified atom stereocenters. The lowest BCUT2D eigenvalue weighted by Crippen LogP contribution is -2.32. The molecule has 1 saturated carbocycles. The molecular weight excluding hydrogens is 354 g/mol. The van der Waals surface area contributed by atoms with Crippen molar-refractivity contribution in [3.63, 3.8) is 0 Å². The molecule has 0 aliphatic heterocycles. The van der Waals surface area contributed by atoms with Gasteiger partial charge in [-0.2, -0.15) is 0 Å². The van der Waals surface area contributed by atoms with Crippen molar-refractivity contribution < 1.29 is 19.1 Å². The van der Waals surface area contributed by atoms with Gasteiger partial charge in [-0.25, -0.2) is 9.59 Å². The quantitative estimate of drug-likeness (QED) is 0.356. The molecule has 1 fully saturated rings. The van der Waals surface area contributed by atoms with E-state index in [1.54, 1.807) is 12.1 Å². The van der Waals surface area contributed by atoms with Crippen molar-refractivity contribution in [3.05, 3.63) is 48.0 Å². The standard InChI is InChI=1S/C23H33NO4/c1-18(24-23(26)27-2)12-6-3-11-17-21(19-13-7-4-8-14-19)28-22(25)20-15-9-5-10-16-20/h5,9-11,15-19,21H,3-4,6-8,12-14H2,1-2H3,(H,24,26)/b17-11+/t18-,21-/m1/s1. The Hall–Kier alpha value is -2.30. The zero-order chi connectivity index (χ0) is 20.2. The van der Waals surface area contributed by atoms with Crippen molar-refractivity contribution in [1.82, 2.24) is 5.32 Å². The minimum absolute atomic E-state index is 0.0749. The van der Waals surface area contributed by atoms with Gasteiger partial charge >= 0.3 is 12.1 Å². The van der Waals surface area contributed by atoms with Gasteiger partial charge in [0.25, 0.3) is 0 Å². The maximum Gasteiger partial charge on any atom is 0.407 e. The second-order valence-electron chi connectivity index (χ2n) is 7.53. The van der Waals surface area contributed by atoms with Gasteiger partial charge in [0, 0.05) is 6.04 Å². The van der Waals surface area contributed by atoms with Crippen molar-refractivity contribution in [2.24, 2.45) is 5.92 Å². The number of rotatable bonds is 9. The number of nitrogens with one attached hydrogen (secondary N) is 1. The van der Waals surface area contributed by atoms with E-state index in [0.717, 1.165) is 32.1 Å². The van der Waals surface area contributed by atoms with Gasteiger partial charge in [0.15, 0.2) is 0 Å². The Balaban J connectivity index is 1.86. The van der Waals surface area contributed by atoms with Crippen LogP contribution in [0.2, 0.25) is 0 Å². The van der Waals surface area contributed by atoms with Crippen molar-refractivity contribution in [2.75, 3.05) is 7.11 Å². The van der Waals surface area contributed by atoms with Gasteiger partial charge in [-0.15, -0.1) is 0 Å². The molecule has 1 aromatic carbocycles. The number of hydrogen-bond acceptors (Lipinski definition) is 4. The summed E-state index contributed by atoms with van der Waals surface area (Å²) >= 11 is 0. The highest BCUT2D eigenvalue weighted by Crippen LogP contribution is 2.29. The van der Waals surface area contributed by atoms with Crippen LogP contribution in [0.3, 0.4) is 0 Å². The van der Waals surface area contributed by atoms with Crippen LogP contribution < -0.4 is 5.32 Å². The molecule has 5 heteroatoms. The van der Waals surface area contributed by atoms with E-state index in [9.17, 15) is 9.59 Å². The SMILES string of the molecule is COC(=O)N[C@H](C)CCC/C=C/[C@@H](OC(=O)c1ccccc1)C1CCCCC1. The summed E-state index contributed by atoms with van der Waals surface area (Å²) in [5, 5.41) is 2.77. The molecule has 1 aromatic rings. The first-order chi connectivity index (χ1) is 13.6. The maximum atomic E-state index is 12.5. The second kappa shape index (κ2) is 12.2. The molecule has 0 heterocycles. The highest BCUT2D eigenvalue weighted by Gasteiger charge is 2.25. The molecule has 0 saturated heterocycles. The largest absolute Gasteiger partial charge is 0.454 e. The summed E-state index contributed by atoms with van der Waals surface area (Å²) in [6.45, 7) is 1.97. The van der Waals surface area contributed by atoms with E-state index < -0.39 is 6.09 Å². The first-order valence-electron chi connectivity index (χ1n) is 10.4. The molecule has 1 aliphatic rings. The van der Waals surface area contributed by atoms with Crippen molar-refractivity contribution in [3.8, 4) is 0 Å². The van der Waals surface area contributed by atoms with E-state index >= 15 is 0 Å². The number of ether oxygens (including phenoxy) is 2. The third kappa shape index (κ3) is 7.75.